The van der Waals surface area contributed by atoms with Gasteiger partial charge in [0.25, 0.3) is 0 Å². The summed E-state index contributed by atoms with van der Waals surface area (Å²) in [7, 11) is 0. The normalized spacial score (nSPS) is 16.8. The second kappa shape index (κ2) is 5.59. The summed E-state index contributed by atoms with van der Waals surface area (Å²) in [6.07, 6.45) is 3.63. The van der Waals surface area contributed by atoms with Crippen LogP contribution in [0.25, 0.3) is 6.08 Å². The smallest absolute Gasteiger partial charge is 0.220 e. The molecule has 0 saturated heterocycles. The second-order valence-corrected chi connectivity index (χ2v) is 5.24. The fourth-order valence-electron chi connectivity index (χ4n) is 1.95. The van der Waals surface area contributed by atoms with Crippen LogP contribution in [0, 0.1) is 0 Å². The Morgan fingerprint density at radius 3 is 2.79 bits per heavy atom. The van der Waals surface area contributed by atoms with Gasteiger partial charge in [-0.25, -0.2) is 0 Å². The molecule has 1 aliphatic heterocycles. The lowest BCUT2D eigenvalue weighted by molar-refractivity contribution is -0.0566. The molecule has 0 amide bonds. The van der Waals surface area contributed by atoms with Gasteiger partial charge >= 0.3 is 0 Å². The molecule has 1 aliphatic rings. The van der Waals surface area contributed by atoms with Crippen molar-refractivity contribution in [2.24, 2.45) is 0 Å². The molecule has 3 heteroatoms. The molecular formula is C16H13BrO2. The molecule has 0 aliphatic carbocycles. The number of fused-ring (bicyclic) bond motifs is 1. The highest BCUT2D eigenvalue weighted by Gasteiger charge is 2.14. The van der Waals surface area contributed by atoms with Gasteiger partial charge < -0.3 is 9.47 Å². The van der Waals surface area contributed by atoms with Gasteiger partial charge in [-0.1, -0.05) is 46.3 Å². The first kappa shape index (κ1) is 12.5. The second-order valence-electron chi connectivity index (χ2n) is 4.32. The van der Waals surface area contributed by atoms with Crippen LogP contribution in [0.2, 0.25) is 0 Å². The van der Waals surface area contributed by atoms with E-state index in [0.29, 0.717) is 6.61 Å². The van der Waals surface area contributed by atoms with E-state index in [-0.39, 0.29) is 6.29 Å². The van der Waals surface area contributed by atoms with Crippen LogP contribution < -0.4 is 4.74 Å². The molecule has 2 nitrogen and oxygen atoms in total. The number of hydrogen-bond acceptors (Lipinski definition) is 2. The Hall–Kier alpha value is -1.58. The highest BCUT2D eigenvalue weighted by atomic mass is 79.9. The maximum Gasteiger partial charge on any atom is 0.220 e. The lowest BCUT2D eigenvalue weighted by atomic mass is 10.1. The van der Waals surface area contributed by atoms with Crippen LogP contribution in [0.15, 0.2) is 59.1 Å². The van der Waals surface area contributed by atoms with Gasteiger partial charge in [0.1, 0.15) is 5.75 Å². The Bertz CT molecular complexity index is 593. The predicted octanol–water partition coefficient (Wildman–Crippen LogP) is 4.40. The third-order valence-corrected chi connectivity index (χ3v) is 3.40. The van der Waals surface area contributed by atoms with E-state index >= 15 is 0 Å². The Kier molecular flexibility index (Phi) is 3.67. The van der Waals surface area contributed by atoms with E-state index in [4.69, 9.17) is 9.47 Å². The summed E-state index contributed by atoms with van der Waals surface area (Å²) < 4.78 is 12.6. The maximum atomic E-state index is 5.78. The topological polar surface area (TPSA) is 18.5 Å². The largest absolute Gasteiger partial charge is 0.461 e. The molecule has 2 aromatic rings. The Balaban J connectivity index is 1.65. The number of rotatable bonds is 3. The lowest BCUT2D eigenvalue weighted by Gasteiger charge is -2.21. The van der Waals surface area contributed by atoms with E-state index in [1.807, 2.05) is 60.7 Å². The van der Waals surface area contributed by atoms with Gasteiger partial charge in [-0.3, -0.25) is 0 Å². The van der Waals surface area contributed by atoms with Crippen LogP contribution in [0.1, 0.15) is 11.1 Å². The average Bonchev–Trinajstić information content (AvgIpc) is 2.46. The molecule has 1 heterocycles. The summed E-state index contributed by atoms with van der Waals surface area (Å²) in [5, 5.41) is 0. The standard InChI is InChI=1S/C16H13BrO2/c17-14-7-8-15-13(10-14)6-9-16(19-15)18-11-12-4-2-1-3-5-12/h1-10,16H,11H2. The van der Waals surface area contributed by atoms with Gasteiger partial charge in [-0.05, 0) is 35.9 Å². The fourth-order valence-corrected chi connectivity index (χ4v) is 2.32. The van der Waals surface area contributed by atoms with Crippen LogP contribution >= 0.6 is 15.9 Å². The van der Waals surface area contributed by atoms with E-state index in [1.165, 1.54) is 0 Å². The van der Waals surface area contributed by atoms with Gasteiger partial charge in [-0.15, -0.1) is 0 Å². The first-order chi connectivity index (χ1) is 9.31. The van der Waals surface area contributed by atoms with E-state index in [2.05, 4.69) is 15.9 Å². The van der Waals surface area contributed by atoms with Crippen molar-refractivity contribution < 1.29 is 9.47 Å². The van der Waals surface area contributed by atoms with Gasteiger partial charge in [-0.2, -0.15) is 0 Å². The Labute approximate surface area is 120 Å². The van der Waals surface area contributed by atoms with Crippen molar-refractivity contribution in [1.82, 2.24) is 0 Å². The molecule has 0 N–H and O–H groups in total. The minimum atomic E-state index is -0.325. The van der Waals surface area contributed by atoms with E-state index < -0.39 is 0 Å². The summed E-state index contributed by atoms with van der Waals surface area (Å²) in [6.45, 7) is 0.543. The zero-order valence-electron chi connectivity index (χ0n) is 10.3. The average molecular weight is 317 g/mol. The molecule has 0 aromatic heterocycles. The van der Waals surface area contributed by atoms with Crippen molar-refractivity contribution in [1.29, 1.82) is 0 Å². The molecule has 0 spiro atoms. The monoisotopic (exact) mass is 316 g/mol. The van der Waals surface area contributed by atoms with Crippen LogP contribution in [0.4, 0.5) is 0 Å². The van der Waals surface area contributed by atoms with Crippen molar-refractivity contribution in [2.75, 3.05) is 0 Å². The van der Waals surface area contributed by atoms with E-state index in [1.54, 1.807) is 0 Å². The lowest BCUT2D eigenvalue weighted by Crippen LogP contribution is -2.20. The van der Waals surface area contributed by atoms with Crippen LogP contribution in [-0.2, 0) is 11.3 Å². The van der Waals surface area contributed by atoms with Gasteiger partial charge in [0.15, 0.2) is 0 Å². The molecule has 0 saturated carbocycles. The minimum Gasteiger partial charge on any atom is -0.461 e. The van der Waals surface area contributed by atoms with Gasteiger partial charge in [0.2, 0.25) is 6.29 Å². The minimum absolute atomic E-state index is 0.325. The molecule has 19 heavy (non-hydrogen) atoms. The first-order valence-electron chi connectivity index (χ1n) is 6.11. The van der Waals surface area contributed by atoms with Crippen molar-refractivity contribution in [3.8, 4) is 5.75 Å². The predicted molar refractivity (Wildman–Crippen MR) is 78.8 cm³/mol. The third-order valence-electron chi connectivity index (χ3n) is 2.90. The molecular weight excluding hydrogens is 304 g/mol. The van der Waals surface area contributed by atoms with Crippen molar-refractivity contribution in [3.05, 3.63) is 70.2 Å². The number of ether oxygens (including phenoxy) is 2. The summed E-state index contributed by atoms with van der Waals surface area (Å²) in [6, 6.07) is 16.0. The summed E-state index contributed by atoms with van der Waals surface area (Å²) in [5.74, 6) is 0.851. The fraction of sp³-hybridized carbons (Fsp3) is 0.125. The van der Waals surface area contributed by atoms with Crippen LogP contribution in [-0.4, -0.2) is 6.29 Å². The summed E-state index contributed by atoms with van der Waals surface area (Å²) >= 11 is 3.45. The molecule has 2 aromatic carbocycles. The maximum absolute atomic E-state index is 5.78. The summed E-state index contributed by atoms with van der Waals surface area (Å²) in [4.78, 5) is 0. The Morgan fingerprint density at radius 1 is 1.11 bits per heavy atom. The zero-order chi connectivity index (χ0) is 13.1. The van der Waals surface area contributed by atoms with Crippen molar-refractivity contribution >= 4 is 22.0 Å². The van der Waals surface area contributed by atoms with E-state index in [9.17, 15) is 0 Å². The van der Waals surface area contributed by atoms with Crippen molar-refractivity contribution in [3.63, 3.8) is 0 Å². The zero-order valence-corrected chi connectivity index (χ0v) is 11.8. The molecule has 1 atom stereocenters. The first-order valence-corrected chi connectivity index (χ1v) is 6.90. The molecule has 3 rings (SSSR count). The SMILES string of the molecule is Brc1ccc2c(c1)C=CC(OCc1ccccc1)O2. The molecule has 0 bridgehead atoms. The van der Waals surface area contributed by atoms with Crippen LogP contribution in [0.5, 0.6) is 5.75 Å². The molecule has 0 fully saturated rings. The van der Waals surface area contributed by atoms with Gasteiger partial charge in [0, 0.05) is 10.0 Å². The van der Waals surface area contributed by atoms with E-state index in [0.717, 1.165) is 21.3 Å². The molecule has 0 radical (unpaired) electrons. The molecule has 1 unspecified atom stereocenters. The van der Waals surface area contributed by atoms with Gasteiger partial charge in [0.05, 0.1) is 6.61 Å². The highest BCUT2D eigenvalue weighted by molar-refractivity contribution is 9.10. The highest BCUT2D eigenvalue weighted by Crippen LogP contribution is 2.29. The molecule has 96 valence electrons. The number of halogens is 1. The van der Waals surface area contributed by atoms with Crippen molar-refractivity contribution in [2.45, 2.75) is 12.9 Å². The Morgan fingerprint density at radius 2 is 1.95 bits per heavy atom. The number of benzene rings is 2. The van der Waals surface area contributed by atoms with Crippen LogP contribution in [0.3, 0.4) is 0 Å². The third kappa shape index (κ3) is 3.06. The number of hydrogen-bond donors (Lipinski definition) is 0. The quantitative estimate of drug-likeness (QED) is 0.835. The summed E-state index contributed by atoms with van der Waals surface area (Å²) in [5.41, 5.74) is 2.20.